The van der Waals surface area contributed by atoms with E-state index in [0.29, 0.717) is 19.3 Å². The molecule has 0 amide bonds. The van der Waals surface area contributed by atoms with Gasteiger partial charge in [0.1, 0.15) is 18.8 Å². The number of unbranched alkanes of at least 4 members (excludes halogenated alkanes) is 15. The average Bonchev–Trinajstić information content (AvgIpc) is 3.54. The lowest BCUT2D eigenvalue weighted by Crippen LogP contribution is -2.61. The number of carbonyl (C=O) groups excluding carboxylic acids is 3. The molecule has 81 heavy (non-hydrogen) atoms. The van der Waals surface area contributed by atoms with Gasteiger partial charge < -0.3 is 39.0 Å². The van der Waals surface area contributed by atoms with E-state index in [1.54, 1.807) is 0 Å². The molecular weight excluding hydrogens is 1020 g/mol. The number of carbonyl (C=O) groups is 4. The number of allylic oxidation sites excluding steroid dienone is 22. The van der Waals surface area contributed by atoms with E-state index in [2.05, 4.69) is 154 Å². The molecule has 6 atom stereocenters. The summed E-state index contributed by atoms with van der Waals surface area (Å²) in [5.41, 5.74) is 0. The zero-order valence-corrected chi connectivity index (χ0v) is 50.2. The molecule has 0 aliphatic carbocycles. The highest BCUT2D eigenvalue weighted by atomic mass is 16.7. The fourth-order valence-electron chi connectivity index (χ4n) is 8.48. The van der Waals surface area contributed by atoms with Gasteiger partial charge in [0.2, 0.25) is 0 Å². The van der Waals surface area contributed by atoms with Crippen LogP contribution in [-0.4, -0.2) is 89.2 Å². The molecule has 3 N–H and O–H groups in total. The number of carboxylic acids is 1. The van der Waals surface area contributed by atoms with Gasteiger partial charge in [-0.25, -0.2) is 4.79 Å². The van der Waals surface area contributed by atoms with Crippen LogP contribution in [0, 0.1) is 0 Å². The maximum atomic E-state index is 13.2. The van der Waals surface area contributed by atoms with E-state index in [1.807, 2.05) is 0 Å². The van der Waals surface area contributed by atoms with E-state index in [1.165, 1.54) is 0 Å². The van der Waals surface area contributed by atoms with E-state index in [9.17, 15) is 34.5 Å². The third kappa shape index (κ3) is 45.1. The first kappa shape index (κ1) is 73.9. The number of carboxylic acid groups (broad SMARTS) is 1. The predicted octanol–water partition coefficient (Wildman–Crippen LogP) is 16.6. The van der Waals surface area contributed by atoms with Gasteiger partial charge in [0.25, 0.3) is 0 Å². The maximum absolute atomic E-state index is 13.2. The first-order valence-corrected chi connectivity index (χ1v) is 31.2. The van der Waals surface area contributed by atoms with Crippen LogP contribution in [0.5, 0.6) is 0 Å². The van der Waals surface area contributed by atoms with Crippen molar-refractivity contribution in [2.75, 3.05) is 13.2 Å². The summed E-state index contributed by atoms with van der Waals surface area (Å²) >= 11 is 0. The van der Waals surface area contributed by atoms with Crippen LogP contribution in [0.15, 0.2) is 134 Å². The molecule has 0 radical (unpaired) electrons. The van der Waals surface area contributed by atoms with Gasteiger partial charge in [0.05, 0.1) is 6.61 Å². The fraction of sp³-hybridized carbons (Fsp3) is 0.623. The van der Waals surface area contributed by atoms with E-state index in [4.69, 9.17) is 23.7 Å². The summed E-state index contributed by atoms with van der Waals surface area (Å²) in [5, 5.41) is 31.5. The third-order valence-corrected chi connectivity index (χ3v) is 13.2. The van der Waals surface area contributed by atoms with Crippen molar-refractivity contribution in [3.05, 3.63) is 134 Å². The monoisotopic (exact) mass is 1130 g/mol. The van der Waals surface area contributed by atoms with Crippen molar-refractivity contribution in [1.82, 2.24) is 0 Å². The lowest BCUT2D eigenvalue weighted by Gasteiger charge is -2.40. The van der Waals surface area contributed by atoms with Crippen LogP contribution >= 0.6 is 0 Å². The van der Waals surface area contributed by atoms with Gasteiger partial charge in [-0.2, -0.15) is 0 Å². The zero-order chi connectivity index (χ0) is 58.9. The molecule has 1 heterocycles. The minimum absolute atomic E-state index is 0.0109. The number of ether oxygens (including phenoxy) is 5. The molecule has 1 aliphatic rings. The highest BCUT2D eigenvalue weighted by Gasteiger charge is 2.50. The molecule has 0 aromatic heterocycles. The van der Waals surface area contributed by atoms with Crippen molar-refractivity contribution in [3.63, 3.8) is 0 Å². The Morgan fingerprint density at radius 2 is 0.778 bits per heavy atom. The molecule has 6 unspecified atom stereocenters. The molecule has 1 aliphatic heterocycles. The second-order valence-corrected chi connectivity index (χ2v) is 20.6. The third-order valence-electron chi connectivity index (χ3n) is 13.2. The molecular formula is C69H108O12. The van der Waals surface area contributed by atoms with Gasteiger partial charge in [-0.1, -0.05) is 212 Å². The Morgan fingerprint density at radius 3 is 1.20 bits per heavy atom. The van der Waals surface area contributed by atoms with Gasteiger partial charge in [-0.3, -0.25) is 14.4 Å². The van der Waals surface area contributed by atoms with Crippen molar-refractivity contribution >= 4 is 23.9 Å². The Kier molecular flexibility index (Phi) is 50.5. The highest BCUT2D eigenvalue weighted by Crippen LogP contribution is 2.26. The van der Waals surface area contributed by atoms with Crippen molar-refractivity contribution in [2.24, 2.45) is 0 Å². The smallest absolute Gasteiger partial charge is 0.335 e. The SMILES string of the molecule is CC/C=C\C/C=C\C/C=C\C/C=C\C/C=C\CCCCCC(=O)OC1C(OCC(COC(=O)CCCCCCCC/C=C\C/C=C\C/C=C\C/C=C\CC)OC(=O)CCCCCCC/C=C\C/C=C\CCC)OC(C(=O)O)C(O)C1O. The summed E-state index contributed by atoms with van der Waals surface area (Å²) in [6, 6.07) is 0. The summed E-state index contributed by atoms with van der Waals surface area (Å²) < 4.78 is 28.4. The van der Waals surface area contributed by atoms with Crippen molar-refractivity contribution < 1.29 is 58.2 Å². The van der Waals surface area contributed by atoms with Crippen LogP contribution in [0.4, 0.5) is 0 Å². The highest BCUT2D eigenvalue weighted by molar-refractivity contribution is 5.74. The first-order valence-electron chi connectivity index (χ1n) is 31.2. The summed E-state index contributed by atoms with van der Waals surface area (Å²) in [4.78, 5) is 51.3. The molecule has 1 fully saturated rings. The Balaban J connectivity index is 2.70. The van der Waals surface area contributed by atoms with Gasteiger partial charge in [0, 0.05) is 19.3 Å². The maximum Gasteiger partial charge on any atom is 0.335 e. The van der Waals surface area contributed by atoms with Gasteiger partial charge in [0.15, 0.2) is 24.6 Å². The van der Waals surface area contributed by atoms with Crippen LogP contribution in [0.25, 0.3) is 0 Å². The Labute approximate surface area is 490 Å². The number of aliphatic carboxylic acids is 1. The minimum Gasteiger partial charge on any atom is -0.479 e. The van der Waals surface area contributed by atoms with E-state index in [0.717, 1.165) is 167 Å². The number of hydrogen-bond acceptors (Lipinski definition) is 11. The molecule has 0 bridgehead atoms. The Hall–Kier alpha value is -5.14. The number of hydrogen-bond donors (Lipinski definition) is 3. The zero-order valence-electron chi connectivity index (χ0n) is 50.2. The first-order chi connectivity index (χ1) is 39.6. The van der Waals surface area contributed by atoms with E-state index < -0.39 is 67.3 Å². The summed E-state index contributed by atoms with van der Waals surface area (Å²) in [6.07, 6.45) is 65.5. The fourth-order valence-corrected chi connectivity index (χ4v) is 8.48. The Bertz CT molecular complexity index is 1920. The molecule has 1 saturated heterocycles. The minimum atomic E-state index is -1.93. The van der Waals surface area contributed by atoms with Crippen LogP contribution in [0.3, 0.4) is 0 Å². The van der Waals surface area contributed by atoms with E-state index >= 15 is 0 Å². The number of esters is 3. The molecule has 0 aromatic rings. The molecule has 12 heteroatoms. The van der Waals surface area contributed by atoms with Crippen LogP contribution < -0.4 is 0 Å². The van der Waals surface area contributed by atoms with Crippen molar-refractivity contribution in [1.29, 1.82) is 0 Å². The topological polar surface area (TPSA) is 175 Å². The summed E-state index contributed by atoms with van der Waals surface area (Å²) in [6.45, 7) is 5.66. The second kappa shape index (κ2) is 55.4. The van der Waals surface area contributed by atoms with Gasteiger partial charge in [-0.05, 0) is 128 Å². The molecule has 12 nitrogen and oxygen atoms in total. The second-order valence-electron chi connectivity index (χ2n) is 20.6. The average molecular weight is 1130 g/mol. The standard InChI is InChI=1S/C69H108O12/c1-4-7-10-13-16-19-22-25-27-29-31-33-35-38-40-43-46-49-52-55-61(70)77-58-60(79-62(71)56-53-50-47-44-41-37-24-21-18-15-12-9-6-3)59-78-69-67(65(74)64(73)66(81-69)68(75)76)80-63(72)57-54-51-48-45-42-39-36-34-32-30-28-26-23-20-17-14-11-8-5-2/h7-8,10-12,15-17,19-21,24-28,31-34,39,42,60,64-67,69,73-74H,4-6,9,13-14,18,22-23,29-30,35-38,40-41,43-59H2,1-3H3,(H,75,76)/b10-7-,11-8-,15-12-,19-16-,20-17-,24-21-,27-25-,28-26-,33-31-,34-32-,42-39-. The summed E-state index contributed by atoms with van der Waals surface area (Å²) in [5.74, 6) is -3.22. The van der Waals surface area contributed by atoms with E-state index in [-0.39, 0.29) is 25.9 Å². The molecule has 0 saturated carbocycles. The molecule has 0 spiro atoms. The Morgan fingerprint density at radius 1 is 0.420 bits per heavy atom. The summed E-state index contributed by atoms with van der Waals surface area (Å²) in [7, 11) is 0. The van der Waals surface area contributed by atoms with Crippen LogP contribution in [-0.2, 0) is 42.9 Å². The van der Waals surface area contributed by atoms with Crippen molar-refractivity contribution in [2.45, 2.75) is 263 Å². The van der Waals surface area contributed by atoms with Crippen LogP contribution in [0.1, 0.15) is 226 Å². The number of aliphatic hydroxyl groups is 2. The number of rotatable bonds is 51. The quantitative estimate of drug-likeness (QED) is 0.0228. The normalized spacial score (nSPS) is 18.7. The molecule has 0 aromatic carbocycles. The lowest BCUT2D eigenvalue weighted by atomic mass is 9.98. The van der Waals surface area contributed by atoms with Gasteiger partial charge >= 0.3 is 23.9 Å². The molecule has 456 valence electrons. The number of aliphatic hydroxyl groups excluding tert-OH is 2. The predicted molar refractivity (Wildman–Crippen MR) is 330 cm³/mol. The van der Waals surface area contributed by atoms with Gasteiger partial charge in [-0.15, -0.1) is 0 Å². The van der Waals surface area contributed by atoms with Crippen LogP contribution in [0.2, 0.25) is 0 Å². The molecule has 1 rings (SSSR count). The largest absolute Gasteiger partial charge is 0.479 e. The van der Waals surface area contributed by atoms with Crippen molar-refractivity contribution in [3.8, 4) is 0 Å². The lowest BCUT2D eigenvalue weighted by molar-refractivity contribution is -0.301.